The number of piperazine rings is 2. The van der Waals surface area contributed by atoms with E-state index in [0.717, 1.165) is 23.6 Å². The van der Waals surface area contributed by atoms with Crippen LogP contribution in [-0.2, 0) is 9.59 Å². The summed E-state index contributed by atoms with van der Waals surface area (Å²) in [5.41, 5.74) is 0.648. The lowest BCUT2D eigenvalue weighted by Crippen LogP contribution is -2.69. The van der Waals surface area contributed by atoms with Gasteiger partial charge in [-0.05, 0) is 29.7 Å². The van der Waals surface area contributed by atoms with Crippen molar-refractivity contribution >= 4 is 28.5 Å². The molecule has 0 radical (unpaired) electrons. The monoisotopic (exact) mass is 363 g/mol. The molecule has 0 N–H and O–H groups in total. The van der Waals surface area contributed by atoms with Gasteiger partial charge in [0.2, 0.25) is 11.8 Å². The average Bonchev–Trinajstić information content (AvgIpc) is 3.21. The number of hydrogen-bond acceptors (Lipinski definition) is 3. The molecule has 2 aromatic rings. The summed E-state index contributed by atoms with van der Waals surface area (Å²) >= 11 is 0. The normalized spacial score (nSPS) is 25.0. The summed E-state index contributed by atoms with van der Waals surface area (Å²) in [6, 6.07) is 12.7. The zero-order valence-corrected chi connectivity index (χ0v) is 15.0. The third kappa shape index (κ3) is 2.43. The van der Waals surface area contributed by atoms with Crippen molar-refractivity contribution in [2.45, 2.75) is 24.9 Å². The van der Waals surface area contributed by atoms with E-state index in [0.29, 0.717) is 25.2 Å². The van der Waals surface area contributed by atoms with E-state index in [1.165, 1.54) is 0 Å². The van der Waals surface area contributed by atoms with E-state index in [4.69, 9.17) is 0 Å². The van der Waals surface area contributed by atoms with Crippen molar-refractivity contribution < 1.29 is 14.4 Å². The molecule has 0 bridgehead atoms. The van der Waals surface area contributed by atoms with Gasteiger partial charge in [0.25, 0.3) is 5.91 Å². The minimum atomic E-state index is -0.542. The Bertz CT molecular complexity index is 951. The third-order valence-electron chi connectivity index (χ3n) is 6.08. The molecule has 0 saturated carbocycles. The lowest BCUT2D eigenvalue weighted by Gasteiger charge is -2.47. The molecule has 2 atom stereocenters. The molecule has 6 heteroatoms. The number of nitrogens with zero attached hydrogens (tertiary/aromatic N) is 3. The Morgan fingerprint density at radius 1 is 0.852 bits per heavy atom. The van der Waals surface area contributed by atoms with Gasteiger partial charge in [-0.1, -0.05) is 36.4 Å². The molecule has 3 saturated heterocycles. The number of rotatable bonds is 1. The van der Waals surface area contributed by atoms with Crippen molar-refractivity contribution in [3.63, 3.8) is 0 Å². The minimum Gasteiger partial charge on any atom is -0.334 e. The van der Waals surface area contributed by atoms with Crippen LogP contribution in [0.3, 0.4) is 0 Å². The van der Waals surface area contributed by atoms with Gasteiger partial charge in [0, 0.05) is 25.2 Å². The van der Waals surface area contributed by atoms with Crippen LogP contribution in [0, 0.1) is 0 Å². The van der Waals surface area contributed by atoms with Crippen LogP contribution >= 0.6 is 0 Å². The molecule has 3 aliphatic rings. The quantitative estimate of drug-likeness (QED) is 0.771. The number of benzene rings is 2. The average molecular weight is 363 g/mol. The molecule has 0 spiro atoms. The summed E-state index contributed by atoms with van der Waals surface area (Å²) in [5.74, 6) is -0.0304. The second-order valence-corrected chi connectivity index (χ2v) is 7.51. The highest BCUT2D eigenvalue weighted by Crippen LogP contribution is 2.29. The van der Waals surface area contributed by atoms with Gasteiger partial charge in [-0.3, -0.25) is 14.4 Å². The molecule has 5 rings (SSSR count). The number of carbonyl (C=O) groups excluding carboxylic acids is 3. The molecule has 2 aromatic carbocycles. The Kier molecular flexibility index (Phi) is 3.67. The smallest absolute Gasteiger partial charge is 0.254 e. The predicted molar refractivity (Wildman–Crippen MR) is 100 cm³/mol. The molecule has 6 nitrogen and oxygen atoms in total. The maximum Gasteiger partial charge on any atom is 0.254 e. The van der Waals surface area contributed by atoms with Gasteiger partial charge >= 0.3 is 0 Å². The standard InChI is InChI=1S/C21H21N3O3/c25-19(16-8-3-6-14-5-1-2-7-15(14)16)22-11-12-24-18(13-22)21(27)23-10-4-9-17(23)20(24)26/h1-3,5-8,17-18H,4,9-13H2/t17-,18-/m1/s1. The molecule has 0 aromatic heterocycles. The van der Waals surface area contributed by atoms with E-state index in [-0.39, 0.29) is 30.3 Å². The number of amides is 3. The molecule has 3 aliphatic heterocycles. The Labute approximate surface area is 157 Å². The Morgan fingerprint density at radius 3 is 2.48 bits per heavy atom. The van der Waals surface area contributed by atoms with Gasteiger partial charge in [0.1, 0.15) is 12.1 Å². The fourth-order valence-electron chi connectivity index (χ4n) is 4.69. The highest BCUT2D eigenvalue weighted by atomic mass is 16.2. The zero-order chi connectivity index (χ0) is 18.5. The van der Waals surface area contributed by atoms with Gasteiger partial charge in [0.05, 0.1) is 6.54 Å². The van der Waals surface area contributed by atoms with E-state index >= 15 is 0 Å². The predicted octanol–water partition coefficient (Wildman–Crippen LogP) is 1.50. The summed E-state index contributed by atoms with van der Waals surface area (Å²) in [6.45, 7) is 1.81. The Hall–Kier alpha value is -2.89. The van der Waals surface area contributed by atoms with Crippen LogP contribution in [0.2, 0.25) is 0 Å². The fraction of sp³-hybridized carbons (Fsp3) is 0.381. The van der Waals surface area contributed by atoms with E-state index in [1.54, 1.807) is 14.7 Å². The molecule has 138 valence electrons. The van der Waals surface area contributed by atoms with Crippen LogP contribution in [0.4, 0.5) is 0 Å². The first kappa shape index (κ1) is 16.3. The van der Waals surface area contributed by atoms with Crippen LogP contribution < -0.4 is 0 Å². The molecule has 27 heavy (non-hydrogen) atoms. The summed E-state index contributed by atoms with van der Waals surface area (Å²) in [4.78, 5) is 44.0. The highest BCUT2D eigenvalue weighted by Gasteiger charge is 2.50. The maximum absolute atomic E-state index is 13.2. The Morgan fingerprint density at radius 2 is 1.59 bits per heavy atom. The molecule has 3 fully saturated rings. The number of hydrogen-bond donors (Lipinski definition) is 0. The number of carbonyl (C=O) groups is 3. The summed E-state index contributed by atoms with van der Waals surface area (Å²) in [7, 11) is 0. The van der Waals surface area contributed by atoms with Crippen molar-refractivity contribution in [3.05, 3.63) is 48.0 Å². The van der Waals surface area contributed by atoms with Crippen molar-refractivity contribution in [2.75, 3.05) is 26.2 Å². The largest absolute Gasteiger partial charge is 0.334 e. The van der Waals surface area contributed by atoms with Gasteiger partial charge in [-0.15, -0.1) is 0 Å². The molecule has 3 amide bonds. The second-order valence-electron chi connectivity index (χ2n) is 7.51. The zero-order valence-electron chi connectivity index (χ0n) is 15.0. The maximum atomic E-state index is 13.2. The van der Waals surface area contributed by atoms with Crippen molar-refractivity contribution in [3.8, 4) is 0 Å². The lowest BCUT2D eigenvalue weighted by atomic mass is 10.00. The SMILES string of the molecule is O=C(c1cccc2ccccc12)N1CCN2C(=O)[C@H]3CCCN3C(=O)[C@H]2C1. The van der Waals surface area contributed by atoms with Crippen LogP contribution in [0.25, 0.3) is 10.8 Å². The first-order valence-corrected chi connectivity index (χ1v) is 9.53. The molecular formula is C21H21N3O3. The van der Waals surface area contributed by atoms with Crippen molar-refractivity contribution in [1.29, 1.82) is 0 Å². The van der Waals surface area contributed by atoms with E-state index in [9.17, 15) is 14.4 Å². The molecule has 0 unspecified atom stereocenters. The Balaban J connectivity index is 1.43. The first-order chi connectivity index (χ1) is 13.1. The minimum absolute atomic E-state index is 0.00693. The van der Waals surface area contributed by atoms with Crippen LogP contribution in [0.1, 0.15) is 23.2 Å². The van der Waals surface area contributed by atoms with Gasteiger partial charge < -0.3 is 14.7 Å². The van der Waals surface area contributed by atoms with E-state index < -0.39 is 6.04 Å². The fourth-order valence-corrected chi connectivity index (χ4v) is 4.69. The van der Waals surface area contributed by atoms with Gasteiger partial charge in [-0.25, -0.2) is 0 Å². The van der Waals surface area contributed by atoms with E-state index in [1.807, 2.05) is 42.5 Å². The van der Waals surface area contributed by atoms with Gasteiger partial charge in [0.15, 0.2) is 0 Å². The van der Waals surface area contributed by atoms with Gasteiger partial charge in [-0.2, -0.15) is 0 Å². The van der Waals surface area contributed by atoms with Crippen LogP contribution in [0.5, 0.6) is 0 Å². The first-order valence-electron chi connectivity index (χ1n) is 9.53. The highest BCUT2D eigenvalue weighted by molar-refractivity contribution is 6.07. The van der Waals surface area contributed by atoms with Crippen molar-refractivity contribution in [2.24, 2.45) is 0 Å². The summed E-state index contributed by atoms with van der Waals surface area (Å²) < 4.78 is 0. The lowest BCUT2D eigenvalue weighted by molar-refractivity contribution is -0.162. The second kappa shape index (κ2) is 6.08. The van der Waals surface area contributed by atoms with Crippen LogP contribution in [-0.4, -0.2) is 70.7 Å². The molecule has 3 heterocycles. The topological polar surface area (TPSA) is 60.9 Å². The van der Waals surface area contributed by atoms with Crippen LogP contribution in [0.15, 0.2) is 42.5 Å². The summed E-state index contributed by atoms with van der Waals surface area (Å²) in [5, 5.41) is 1.93. The summed E-state index contributed by atoms with van der Waals surface area (Å²) in [6.07, 6.45) is 1.63. The molecular weight excluding hydrogens is 342 g/mol. The molecule has 0 aliphatic carbocycles. The number of fused-ring (bicyclic) bond motifs is 3. The third-order valence-corrected chi connectivity index (χ3v) is 6.08. The van der Waals surface area contributed by atoms with Crippen molar-refractivity contribution in [1.82, 2.24) is 14.7 Å². The van der Waals surface area contributed by atoms with E-state index in [2.05, 4.69) is 0 Å².